The highest BCUT2D eigenvalue weighted by Crippen LogP contribution is 2.09. The first-order valence-electron chi connectivity index (χ1n) is 4.55. The van der Waals surface area contributed by atoms with E-state index >= 15 is 0 Å². The van der Waals surface area contributed by atoms with E-state index in [-0.39, 0.29) is 0 Å². The molecule has 3 nitrogen and oxygen atoms in total. The van der Waals surface area contributed by atoms with Crippen molar-refractivity contribution in [2.24, 2.45) is 0 Å². The first-order chi connectivity index (χ1) is 6.86. The molecule has 0 saturated carbocycles. The molecule has 0 aliphatic rings. The maximum atomic E-state index is 8.48. The van der Waals surface area contributed by atoms with E-state index in [0.29, 0.717) is 13.0 Å². The standard InChI is InChI=1S/C11H14N2O/c1-14-9-8-13-11-4-2-10(3-5-11)6-7-12/h2-5,13H,6,8-9H2,1H3. The highest BCUT2D eigenvalue weighted by atomic mass is 16.5. The van der Waals surface area contributed by atoms with Gasteiger partial charge in [-0.2, -0.15) is 5.26 Å². The van der Waals surface area contributed by atoms with Crippen molar-refractivity contribution in [1.82, 2.24) is 0 Å². The summed E-state index contributed by atoms with van der Waals surface area (Å²) in [6.07, 6.45) is 0.471. The molecule has 1 aromatic rings. The molecule has 1 N–H and O–H groups in total. The minimum absolute atomic E-state index is 0.471. The lowest BCUT2D eigenvalue weighted by atomic mass is 10.1. The number of hydrogen-bond donors (Lipinski definition) is 1. The van der Waals surface area contributed by atoms with E-state index in [4.69, 9.17) is 10.00 Å². The number of benzene rings is 1. The van der Waals surface area contributed by atoms with Crippen molar-refractivity contribution in [2.45, 2.75) is 6.42 Å². The Labute approximate surface area is 84.3 Å². The molecule has 0 fully saturated rings. The quantitative estimate of drug-likeness (QED) is 0.720. The molecule has 0 spiro atoms. The Balaban J connectivity index is 2.43. The van der Waals surface area contributed by atoms with Crippen LogP contribution in [0.1, 0.15) is 5.56 Å². The second-order valence-corrected chi connectivity index (χ2v) is 2.95. The summed E-state index contributed by atoms with van der Waals surface area (Å²) in [6, 6.07) is 9.98. The second-order valence-electron chi connectivity index (χ2n) is 2.95. The molecule has 0 bridgehead atoms. The molecule has 0 aromatic heterocycles. The highest BCUT2D eigenvalue weighted by Gasteiger charge is 1.93. The average Bonchev–Trinajstić information content (AvgIpc) is 2.21. The van der Waals surface area contributed by atoms with E-state index in [2.05, 4.69) is 11.4 Å². The summed E-state index contributed by atoms with van der Waals surface area (Å²) < 4.78 is 4.92. The molecule has 0 unspecified atom stereocenters. The summed E-state index contributed by atoms with van der Waals surface area (Å²) in [5.74, 6) is 0. The Morgan fingerprint density at radius 3 is 2.64 bits per heavy atom. The normalized spacial score (nSPS) is 9.43. The number of nitrogens with zero attached hydrogens (tertiary/aromatic N) is 1. The molecular formula is C11H14N2O. The fourth-order valence-corrected chi connectivity index (χ4v) is 1.13. The van der Waals surface area contributed by atoms with Gasteiger partial charge in [-0.1, -0.05) is 12.1 Å². The zero-order chi connectivity index (χ0) is 10.2. The van der Waals surface area contributed by atoms with Crippen molar-refractivity contribution in [3.8, 4) is 6.07 Å². The van der Waals surface area contributed by atoms with Gasteiger partial charge in [0.15, 0.2) is 0 Å². The molecule has 0 amide bonds. The molecule has 0 saturated heterocycles. The smallest absolute Gasteiger partial charge is 0.0669 e. The first-order valence-corrected chi connectivity index (χ1v) is 4.55. The number of rotatable bonds is 5. The fourth-order valence-electron chi connectivity index (χ4n) is 1.13. The molecule has 3 heteroatoms. The Morgan fingerprint density at radius 1 is 1.36 bits per heavy atom. The van der Waals surface area contributed by atoms with Crippen molar-refractivity contribution in [3.05, 3.63) is 29.8 Å². The van der Waals surface area contributed by atoms with Crippen LogP contribution in [0.5, 0.6) is 0 Å². The summed E-state index contributed by atoms with van der Waals surface area (Å²) in [6.45, 7) is 1.49. The number of nitriles is 1. The van der Waals surface area contributed by atoms with Crippen molar-refractivity contribution in [1.29, 1.82) is 5.26 Å². The molecular weight excluding hydrogens is 176 g/mol. The molecule has 1 rings (SSSR count). The fraction of sp³-hybridized carbons (Fsp3) is 0.364. The number of nitrogens with one attached hydrogen (secondary N) is 1. The lowest BCUT2D eigenvalue weighted by Crippen LogP contribution is -2.07. The van der Waals surface area contributed by atoms with E-state index in [9.17, 15) is 0 Å². The van der Waals surface area contributed by atoms with Crippen LogP contribution in [0.25, 0.3) is 0 Å². The maximum absolute atomic E-state index is 8.48. The van der Waals surface area contributed by atoms with Gasteiger partial charge < -0.3 is 10.1 Å². The van der Waals surface area contributed by atoms with Gasteiger partial charge in [-0.05, 0) is 17.7 Å². The third-order valence-electron chi connectivity index (χ3n) is 1.87. The molecule has 0 aliphatic carbocycles. The van der Waals surface area contributed by atoms with Crippen LogP contribution in [0.2, 0.25) is 0 Å². The van der Waals surface area contributed by atoms with Crippen LogP contribution in [0.4, 0.5) is 5.69 Å². The maximum Gasteiger partial charge on any atom is 0.0669 e. The second kappa shape index (κ2) is 6.01. The van der Waals surface area contributed by atoms with Crippen LogP contribution in [-0.4, -0.2) is 20.3 Å². The van der Waals surface area contributed by atoms with Gasteiger partial charge >= 0.3 is 0 Å². The number of anilines is 1. The van der Waals surface area contributed by atoms with E-state index in [1.54, 1.807) is 7.11 Å². The summed E-state index contributed by atoms with van der Waals surface area (Å²) in [5, 5.41) is 11.7. The predicted molar refractivity (Wildman–Crippen MR) is 56.1 cm³/mol. The molecule has 74 valence electrons. The van der Waals surface area contributed by atoms with Crippen LogP contribution >= 0.6 is 0 Å². The van der Waals surface area contributed by atoms with Crippen LogP contribution in [0, 0.1) is 11.3 Å². The van der Waals surface area contributed by atoms with Crippen LogP contribution in [-0.2, 0) is 11.2 Å². The van der Waals surface area contributed by atoms with Gasteiger partial charge in [0.05, 0.1) is 19.1 Å². The summed E-state index contributed by atoms with van der Waals surface area (Å²) >= 11 is 0. The minimum atomic E-state index is 0.471. The molecule has 0 atom stereocenters. The Bertz CT molecular complexity index is 300. The van der Waals surface area contributed by atoms with Crippen molar-refractivity contribution in [3.63, 3.8) is 0 Å². The Morgan fingerprint density at radius 2 is 2.07 bits per heavy atom. The average molecular weight is 190 g/mol. The number of methoxy groups -OCH3 is 1. The van der Waals surface area contributed by atoms with Gasteiger partial charge in [0.25, 0.3) is 0 Å². The van der Waals surface area contributed by atoms with Gasteiger partial charge in [0, 0.05) is 19.3 Å². The Hall–Kier alpha value is -1.53. The molecule has 1 aromatic carbocycles. The van der Waals surface area contributed by atoms with E-state index < -0.39 is 0 Å². The summed E-state index contributed by atoms with van der Waals surface area (Å²) in [4.78, 5) is 0. The SMILES string of the molecule is COCCNc1ccc(CC#N)cc1. The minimum Gasteiger partial charge on any atom is -0.383 e. The number of hydrogen-bond acceptors (Lipinski definition) is 3. The van der Waals surface area contributed by atoms with E-state index in [1.807, 2.05) is 24.3 Å². The highest BCUT2D eigenvalue weighted by molar-refractivity contribution is 5.44. The van der Waals surface area contributed by atoms with E-state index in [1.165, 1.54) is 0 Å². The van der Waals surface area contributed by atoms with Crippen molar-refractivity contribution in [2.75, 3.05) is 25.6 Å². The summed E-state index contributed by atoms with van der Waals surface area (Å²) in [7, 11) is 1.68. The van der Waals surface area contributed by atoms with Crippen molar-refractivity contribution < 1.29 is 4.74 Å². The lowest BCUT2D eigenvalue weighted by Gasteiger charge is -2.05. The monoisotopic (exact) mass is 190 g/mol. The molecule has 0 heterocycles. The van der Waals surface area contributed by atoms with Gasteiger partial charge in [-0.15, -0.1) is 0 Å². The van der Waals surface area contributed by atoms with Gasteiger partial charge in [-0.25, -0.2) is 0 Å². The van der Waals surface area contributed by atoms with Gasteiger partial charge in [0.1, 0.15) is 0 Å². The summed E-state index contributed by atoms with van der Waals surface area (Å²) in [5.41, 5.74) is 2.11. The van der Waals surface area contributed by atoms with Gasteiger partial charge in [-0.3, -0.25) is 0 Å². The predicted octanol–water partition coefficient (Wildman–Crippen LogP) is 1.81. The molecule has 0 aliphatic heterocycles. The van der Waals surface area contributed by atoms with Crippen LogP contribution in [0.3, 0.4) is 0 Å². The van der Waals surface area contributed by atoms with Crippen molar-refractivity contribution >= 4 is 5.69 Å². The molecule has 0 radical (unpaired) electrons. The lowest BCUT2D eigenvalue weighted by molar-refractivity contribution is 0.211. The topological polar surface area (TPSA) is 45.0 Å². The third kappa shape index (κ3) is 3.46. The zero-order valence-electron chi connectivity index (χ0n) is 8.29. The van der Waals surface area contributed by atoms with Crippen LogP contribution in [0.15, 0.2) is 24.3 Å². The van der Waals surface area contributed by atoms with E-state index in [0.717, 1.165) is 17.8 Å². The van der Waals surface area contributed by atoms with Gasteiger partial charge in [0.2, 0.25) is 0 Å². The largest absolute Gasteiger partial charge is 0.383 e. The zero-order valence-corrected chi connectivity index (χ0v) is 8.29. The number of ether oxygens (including phenoxy) is 1. The first kappa shape index (κ1) is 10.6. The molecule has 14 heavy (non-hydrogen) atoms. The van der Waals surface area contributed by atoms with Crippen LogP contribution < -0.4 is 5.32 Å². The third-order valence-corrected chi connectivity index (χ3v) is 1.87. The Kier molecular flexibility index (Phi) is 4.53.